The van der Waals surface area contributed by atoms with E-state index in [1.165, 1.54) is 10.5 Å². The van der Waals surface area contributed by atoms with Crippen LogP contribution in [-0.2, 0) is 11.2 Å². The minimum absolute atomic E-state index is 0.00741. The number of carbonyl (C=O) groups is 1. The molecule has 17 heavy (non-hydrogen) atoms. The third-order valence-corrected chi connectivity index (χ3v) is 4.38. The van der Waals surface area contributed by atoms with Gasteiger partial charge >= 0.3 is 0 Å². The molecular weight excluding hydrogens is 232 g/mol. The number of fused-ring (bicyclic) bond motifs is 1. The van der Waals surface area contributed by atoms with Gasteiger partial charge in [-0.2, -0.15) is 0 Å². The largest absolute Gasteiger partial charge is 0.351 e. The Morgan fingerprint density at radius 1 is 1.59 bits per heavy atom. The smallest absolute Gasteiger partial charge is 0.234 e. The van der Waals surface area contributed by atoms with Crippen molar-refractivity contribution < 1.29 is 4.79 Å². The van der Waals surface area contributed by atoms with Gasteiger partial charge in [0.25, 0.3) is 0 Å². The van der Waals surface area contributed by atoms with Crippen LogP contribution in [0.3, 0.4) is 0 Å². The lowest BCUT2D eigenvalue weighted by atomic mass is 10.1. The van der Waals surface area contributed by atoms with Gasteiger partial charge < -0.3 is 11.1 Å². The Kier molecular flexibility index (Phi) is 4.07. The van der Waals surface area contributed by atoms with Crippen LogP contribution in [0.15, 0.2) is 29.2 Å². The molecule has 0 saturated heterocycles. The molecule has 2 unspecified atom stereocenters. The highest BCUT2D eigenvalue weighted by atomic mass is 32.2. The lowest BCUT2D eigenvalue weighted by Gasteiger charge is -2.17. The molecule has 1 aliphatic heterocycles. The van der Waals surface area contributed by atoms with E-state index in [1.807, 2.05) is 19.1 Å². The molecule has 92 valence electrons. The number of nitrogens with two attached hydrogens (primary N) is 1. The van der Waals surface area contributed by atoms with Crippen LogP contribution in [0.2, 0.25) is 0 Å². The van der Waals surface area contributed by atoms with Crippen LogP contribution in [0.25, 0.3) is 0 Å². The Bertz CT molecular complexity index is 379. The van der Waals surface area contributed by atoms with E-state index in [-0.39, 0.29) is 17.2 Å². The summed E-state index contributed by atoms with van der Waals surface area (Å²) in [6.45, 7) is 2.54. The average molecular weight is 250 g/mol. The van der Waals surface area contributed by atoms with Crippen molar-refractivity contribution in [2.75, 3.05) is 6.54 Å². The van der Waals surface area contributed by atoms with Crippen LogP contribution in [-0.4, -0.2) is 23.7 Å². The number of benzene rings is 1. The van der Waals surface area contributed by atoms with E-state index in [0.717, 1.165) is 12.8 Å². The van der Waals surface area contributed by atoms with Crippen LogP contribution in [0, 0.1) is 0 Å². The van der Waals surface area contributed by atoms with Crippen LogP contribution < -0.4 is 11.1 Å². The number of hydrogen-bond donors (Lipinski definition) is 2. The first-order chi connectivity index (χ1) is 8.24. The topological polar surface area (TPSA) is 55.1 Å². The molecule has 3 N–H and O–H groups in total. The van der Waals surface area contributed by atoms with Gasteiger partial charge in [-0.1, -0.05) is 25.1 Å². The molecule has 2 atom stereocenters. The molecule has 0 saturated carbocycles. The van der Waals surface area contributed by atoms with E-state index in [0.29, 0.717) is 6.54 Å². The highest BCUT2D eigenvalue weighted by Gasteiger charge is 2.28. The van der Waals surface area contributed by atoms with Gasteiger partial charge in [0, 0.05) is 17.5 Å². The quantitative estimate of drug-likeness (QED) is 0.852. The second kappa shape index (κ2) is 5.56. The zero-order chi connectivity index (χ0) is 12.3. The number of thioether (sulfide) groups is 1. The van der Waals surface area contributed by atoms with Gasteiger partial charge in [0.15, 0.2) is 0 Å². The fourth-order valence-corrected chi connectivity index (χ4v) is 3.15. The maximum absolute atomic E-state index is 12.1. The fraction of sp³-hybridized carbons (Fsp3) is 0.462. The van der Waals surface area contributed by atoms with E-state index in [9.17, 15) is 4.79 Å². The number of nitrogens with one attached hydrogen (secondary N) is 1. The average Bonchev–Trinajstić information content (AvgIpc) is 2.79. The van der Waals surface area contributed by atoms with E-state index in [2.05, 4.69) is 17.4 Å². The number of carbonyl (C=O) groups excluding carboxylic acids is 1. The van der Waals surface area contributed by atoms with E-state index in [4.69, 9.17) is 5.73 Å². The molecule has 0 aromatic heterocycles. The summed E-state index contributed by atoms with van der Waals surface area (Å²) in [5.41, 5.74) is 6.87. The molecule has 0 aliphatic carbocycles. The molecule has 0 fully saturated rings. The van der Waals surface area contributed by atoms with Crippen LogP contribution in [0.5, 0.6) is 0 Å². The SMILES string of the molecule is CCC(CN)NC(=O)C1Cc2ccccc2S1. The second-order valence-electron chi connectivity index (χ2n) is 4.27. The highest BCUT2D eigenvalue weighted by molar-refractivity contribution is 8.01. The Morgan fingerprint density at radius 2 is 2.35 bits per heavy atom. The van der Waals surface area contributed by atoms with Crippen LogP contribution in [0.4, 0.5) is 0 Å². The van der Waals surface area contributed by atoms with Crippen molar-refractivity contribution >= 4 is 17.7 Å². The zero-order valence-electron chi connectivity index (χ0n) is 9.98. The maximum Gasteiger partial charge on any atom is 0.234 e. The first-order valence-corrected chi connectivity index (χ1v) is 6.87. The minimum Gasteiger partial charge on any atom is -0.351 e. The lowest BCUT2D eigenvalue weighted by Crippen LogP contribution is -2.43. The molecule has 3 nitrogen and oxygen atoms in total. The van der Waals surface area contributed by atoms with Crippen LogP contribution >= 0.6 is 11.8 Å². The number of rotatable bonds is 4. The van der Waals surface area contributed by atoms with Crippen molar-refractivity contribution in [1.29, 1.82) is 0 Å². The van der Waals surface area contributed by atoms with Gasteiger partial charge in [0.2, 0.25) is 5.91 Å². The number of amides is 1. The molecule has 4 heteroatoms. The summed E-state index contributed by atoms with van der Waals surface area (Å²) in [4.78, 5) is 13.3. The number of hydrogen-bond acceptors (Lipinski definition) is 3. The predicted molar refractivity (Wildman–Crippen MR) is 71.1 cm³/mol. The van der Waals surface area contributed by atoms with Gasteiger partial charge in [0.05, 0.1) is 5.25 Å². The van der Waals surface area contributed by atoms with Crippen molar-refractivity contribution in [1.82, 2.24) is 5.32 Å². The fourth-order valence-electron chi connectivity index (χ4n) is 1.95. The van der Waals surface area contributed by atoms with Crippen molar-refractivity contribution in [2.24, 2.45) is 5.73 Å². The Morgan fingerprint density at radius 3 is 3.00 bits per heavy atom. The first-order valence-electron chi connectivity index (χ1n) is 5.99. The molecule has 1 aliphatic rings. The third kappa shape index (κ3) is 2.82. The maximum atomic E-state index is 12.1. The summed E-state index contributed by atoms with van der Waals surface area (Å²) < 4.78 is 0. The molecule has 1 heterocycles. The highest BCUT2D eigenvalue weighted by Crippen LogP contribution is 2.36. The third-order valence-electron chi connectivity index (χ3n) is 3.06. The van der Waals surface area contributed by atoms with E-state index in [1.54, 1.807) is 11.8 Å². The monoisotopic (exact) mass is 250 g/mol. The first kappa shape index (κ1) is 12.5. The Labute approximate surface area is 106 Å². The minimum atomic E-state index is 0.00741. The van der Waals surface area contributed by atoms with Gasteiger partial charge in [-0.15, -0.1) is 11.8 Å². The molecule has 1 aromatic carbocycles. The summed E-state index contributed by atoms with van der Waals surface area (Å²) >= 11 is 1.65. The summed E-state index contributed by atoms with van der Waals surface area (Å²) in [5, 5.41) is 3.02. The zero-order valence-corrected chi connectivity index (χ0v) is 10.8. The normalized spacial score (nSPS) is 19.8. The van der Waals surface area contributed by atoms with Crippen molar-refractivity contribution in [3.8, 4) is 0 Å². The van der Waals surface area contributed by atoms with Gasteiger partial charge in [-0.05, 0) is 24.5 Å². The lowest BCUT2D eigenvalue weighted by molar-refractivity contribution is -0.121. The van der Waals surface area contributed by atoms with E-state index < -0.39 is 0 Å². The van der Waals surface area contributed by atoms with E-state index >= 15 is 0 Å². The summed E-state index contributed by atoms with van der Waals surface area (Å²) in [6.07, 6.45) is 1.71. The molecule has 2 rings (SSSR count). The Hall–Kier alpha value is -1.00. The molecule has 1 aromatic rings. The molecule has 0 spiro atoms. The molecule has 0 radical (unpaired) electrons. The van der Waals surface area contributed by atoms with Gasteiger partial charge in [-0.25, -0.2) is 0 Å². The summed E-state index contributed by atoms with van der Waals surface area (Å²) in [7, 11) is 0. The summed E-state index contributed by atoms with van der Waals surface area (Å²) in [5.74, 6) is 0.114. The molecular formula is C13H18N2OS. The summed E-state index contributed by atoms with van der Waals surface area (Å²) in [6, 6.07) is 8.31. The standard InChI is InChI=1S/C13H18N2OS/c1-2-10(8-14)15-13(16)12-7-9-5-3-4-6-11(9)17-12/h3-6,10,12H,2,7-8,14H2,1H3,(H,15,16). The van der Waals surface area contributed by atoms with Crippen molar-refractivity contribution in [3.05, 3.63) is 29.8 Å². The van der Waals surface area contributed by atoms with Crippen LogP contribution in [0.1, 0.15) is 18.9 Å². The van der Waals surface area contributed by atoms with Crippen molar-refractivity contribution in [2.45, 2.75) is 36.0 Å². The second-order valence-corrected chi connectivity index (χ2v) is 5.51. The molecule has 0 bridgehead atoms. The van der Waals surface area contributed by atoms with Crippen molar-refractivity contribution in [3.63, 3.8) is 0 Å². The molecule has 1 amide bonds. The van der Waals surface area contributed by atoms with Gasteiger partial charge in [0.1, 0.15) is 0 Å². The predicted octanol–water partition coefficient (Wildman–Crippen LogP) is 1.56. The Balaban J connectivity index is 1.96. The van der Waals surface area contributed by atoms with Gasteiger partial charge in [-0.3, -0.25) is 4.79 Å².